The van der Waals surface area contributed by atoms with E-state index in [0.717, 1.165) is 72.2 Å². The number of benzene rings is 1. The van der Waals surface area contributed by atoms with Gasteiger partial charge in [-0.2, -0.15) is 0 Å². The first-order valence-electron chi connectivity index (χ1n) is 10.4. The number of nitrogens with zero attached hydrogens (tertiary/aromatic N) is 4. The van der Waals surface area contributed by atoms with Gasteiger partial charge in [-0.15, -0.1) is 0 Å². The molecule has 3 aromatic heterocycles. The third kappa shape index (κ3) is 3.97. The molecule has 4 aromatic rings. The molecule has 0 saturated carbocycles. The van der Waals surface area contributed by atoms with Crippen molar-refractivity contribution in [3.05, 3.63) is 77.8 Å². The molecule has 0 radical (unpaired) electrons. The standard InChI is InChI=1S/C24H24ClN5/c25-21-5-2-19(3-6-21)24-22(17-29-14-1-10-26-13-15-29)30-16-20(4-7-23(30)28-24)18-8-11-27-12-9-18/h2-9,11-12,16,26H,1,10,13-15,17H2. The zero-order valence-corrected chi connectivity index (χ0v) is 17.5. The maximum absolute atomic E-state index is 6.13. The summed E-state index contributed by atoms with van der Waals surface area (Å²) in [5.41, 5.74) is 6.60. The molecule has 1 aliphatic rings. The Labute approximate surface area is 181 Å². The highest BCUT2D eigenvalue weighted by atomic mass is 35.5. The lowest BCUT2D eigenvalue weighted by molar-refractivity contribution is 0.281. The molecule has 4 heterocycles. The van der Waals surface area contributed by atoms with Crippen LogP contribution in [0.5, 0.6) is 0 Å². The number of halogens is 1. The van der Waals surface area contributed by atoms with Crippen LogP contribution >= 0.6 is 11.6 Å². The topological polar surface area (TPSA) is 45.5 Å². The molecule has 30 heavy (non-hydrogen) atoms. The summed E-state index contributed by atoms with van der Waals surface area (Å²) in [5, 5.41) is 4.23. The molecule has 5 rings (SSSR count). The third-order valence-corrected chi connectivity index (χ3v) is 5.91. The summed E-state index contributed by atoms with van der Waals surface area (Å²) >= 11 is 6.13. The van der Waals surface area contributed by atoms with E-state index in [1.54, 1.807) is 0 Å². The van der Waals surface area contributed by atoms with Gasteiger partial charge in [-0.3, -0.25) is 9.88 Å². The summed E-state index contributed by atoms with van der Waals surface area (Å²) in [7, 11) is 0. The molecule has 1 aliphatic heterocycles. The minimum absolute atomic E-state index is 0.739. The Kier molecular flexibility index (Phi) is 5.49. The minimum atomic E-state index is 0.739. The van der Waals surface area contributed by atoms with E-state index >= 15 is 0 Å². The van der Waals surface area contributed by atoms with E-state index in [-0.39, 0.29) is 0 Å². The van der Waals surface area contributed by atoms with E-state index < -0.39 is 0 Å². The van der Waals surface area contributed by atoms with Crippen molar-refractivity contribution in [1.29, 1.82) is 0 Å². The molecule has 0 unspecified atom stereocenters. The van der Waals surface area contributed by atoms with Crippen molar-refractivity contribution in [2.24, 2.45) is 0 Å². The fourth-order valence-corrected chi connectivity index (χ4v) is 4.20. The molecule has 0 spiro atoms. The highest BCUT2D eigenvalue weighted by Crippen LogP contribution is 2.29. The van der Waals surface area contributed by atoms with E-state index in [1.165, 1.54) is 5.69 Å². The second-order valence-electron chi connectivity index (χ2n) is 7.68. The molecule has 1 saturated heterocycles. The second kappa shape index (κ2) is 8.56. The SMILES string of the molecule is Clc1ccc(-c2nc3ccc(-c4ccncc4)cn3c2CN2CCCNCC2)cc1. The molecular formula is C24H24ClN5. The normalized spacial score (nSPS) is 15.4. The molecule has 6 heteroatoms. The average molecular weight is 418 g/mol. The van der Waals surface area contributed by atoms with Crippen molar-refractivity contribution in [3.63, 3.8) is 0 Å². The molecule has 0 amide bonds. The summed E-state index contributed by atoms with van der Waals surface area (Å²) < 4.78 is 2.25. The molecular weight excluding hydrogens is 394 g/mol. The van der Waals surface area contributed by atoms with E-state index in [2.05, 4.69) is 50.1 Å². The van der Waals surface area contributed by atoms with Crippen molar-refractivity contribution in [1.82, 2.24) is 24.6 Å². The zero-order chi connectivity index (χ0) is 20.3. The molecule has 1 aromatic carbocycles. The van der Waals surface area contributed by atoms with E-state index in [9.17, 15) is 0 Å². The summed E-state index contributed by atoms with van der Waals surface area (Å²) in [6.45, 7) is 5.09. The van der Waals surface area contributed by atoms with Crippen LogP contribution in [0.4, 0.5) is 0 Å². The Bertz CT molecular complexity index is 1130. The van der Waals surface area contributed by atoms with Gasteiger partial charge in [-0.1, -0.05) is 23.7 Å². The van der Waals surface area contributed by atoms with Gasteiger partial charge in [0, 0.05) is 48.8 Å². The van der Waals surface area contributed by atoms with Crippen LogP contribution in [0.25, 0.3) is 28.0 Å². The molecule has 0 aliphatic carbocycles. The van der Waals surface area contributed by atoms with Gasteiger partial charge in [0.05, 0.1) is 11.4 Å². The summed E-state index contributed by atoms with van der Waals surface area (Å²) in [6.07, 6.45) is 7.02. The molecule has 1 fully saturated rings. The van der Waals surface area contributed by atoms with E-state index in [1.807, 2.05) is 36.7 Å². The molecule has 152 valence electrons. The Morgan fingerprint density at radius 1 is 0.867 bits per heavy atom. The Morgan fingerprint density at radius 3 is 2.50 bits per heavy atom. The Balaban J connectivity index is 1.62. The predicted octanol–water partition coefficient (Wildman–Crippen LogP) is 4.51. The van der Waals surface area contributed by atoms with Crippen LogP contribution < -0.4 is 5.32 Å². The summed E-state index contributed by atoms with van der Waals surface area (Å²) in [6, 6.07) is 16.3. The molecule has 5 nitrogen and oxygen atoms in total. The number of fused-ring (bicyclic) bond motifs is 1. The second-order valence-corrected chi connectivity index (χ2v) is 8.11. The van der Waals surface area contributed by atoms with Crippen molar-refractivity contribution in [2.75, 3.05) is 26.2 Å². The minimum Gasteiger partial charge on any atom is -0.315 e. The largest absolute Gasteiger partial charge is 0.315 e. The van der Waals surface area contributed by atoms with Gasteiger partial charge >= 0.3 is 0 Å². The van der Waals surface area contributed by atoms with Crippen molar-refractivity contribution in [3.8, 4) is 22.4 Å². The van der Waals surface area contributed by atoms with Gasteiger partial charge in [-0.05, 0) is 67.0 Å². The molecule has 1 N–H and O–H groups in total. The summed E-state index contributed by atoms with van der Waals surface area (Å²) in [4.78, 5) is 11.7. The number of nitrogens with one attached hydrogen (secondary N) is 1. The number of hydrogen-bond donors (Lipinski definition) is 1. The maximum Gasteiger partial charge on any atom is 0.137 e. The molecule has 0 atom stereocenters. The predicted molar refractivity (Wildman–Crippen MR) is 122 cm³/mol. The van der Waals surface area contributed by atoms with E-state index in [4.69, 9.17) is 16.6 Å². The maximum atomic E-state index is 6.13. The van der Waals surface area contributed by atoms with Crippen LogP contribution in [0.2, 0.25) is 5.02 Å². The van der Waals surface area contributed by atoms with Crippen LogP contribution in [0, 0.1) is 0 Å². The first-order chi connectivity index (χ1) is 14.8. The smallest absolute Gasteiger partial charge is 0.137 e. The molecule has 0 bridgehead atoms. The van der Waals surface area contributed by atoms with Gasteiger partial charge in [0.15, 0.2) is 0 Å². The lowest BCUT2D eigenvalue weighted by Crippen LogP contribution is -2.28. The number of hydrogen-bond acceptors (Lipinski definition) is 4. The first kappa shape index (κ1) is 19.2. The fraction of sp³-hybridized carbons (Fsp3) is 0.250. The number of pyridine rings is 2. The van der Waals surface area contributed by atoms with Crippen LogP contribution in [0.1, 0.15) is 12.1 Å². The fourth-order valence-electron chi connectivity index (χ4n) is 4.07. The van der Waals surface area contributed by atoms with Gasteiger partial charge < -0.3 is 9.72 Å². The third-order valence-electron chi connectivity index (χ3n) is 5.65. The van der Waals surface area contributed by atoms with Gasteiger partial charge in [0.2, 0.25) is 0 Å². The van der Waals surface area contributed by atoms with Crippen molar-refractivity contribution < 1.29 is 0 Å². The Morgan fingerprint density at radius 2 is 1.67 bits per heavy atom. The van der Waals surface area contributed by atoms with Crippen LogP contribution in [-0.4, -0.2) is 45.4 Å². The lowest BCUT2D eigenvalue weighted by Gasteiger charge is -2.20. The highest BCUT2D eigenvalue weighted by Gasteiger charge is 2.18. The number of imidazole rings is 1. The van der Waals surface area contributed by atoms with E-state index in [0.29, 0.717) is 0 Å². The van der Waals surface area contributed by atoms with Crippen molar-refractivity contribution in [2.45, 2.75) is 13.0 Å². The van der Waals surface area contributed by atoms with Crippen LogP contribution in [0.15, 0.2) is 67.1 Å². The van der Waals surface area contributed by atoms with Crippen LogP contribution in [-0.2, 0) is 6.54 Å². The monoisotopic (exact) mass is 417 g/mol. The number of rotatable bonds is 4. The zero-order valence-electron chi connectivity index (χ0n) is 16.8. The van der Waals surface area contributed by atoms with Gasteiger partial charge in [-0.25, -0.2) is 4.98 Å². The average Bonchev–Trinajstić information content (AvgIpc) is 2.95. The quantitative estimate of drug-likeness (QED) is 0.530. The lowest BCUT2D eigenvalue weighted by atomic mass is 10.1. The first-order valence-corrected chi connectivity index (χ1v) is 10.8. The Hall–Kier alpha value is -2.73. The summed E-state index contributed by atoms with van der Waals surface area (Å²) in [5.74, 6) is 0. The van der Waals surface area contributed by atoms with Gasteiger partial charge in [0.1, 0.15) is 5.65 Å². The van der Waals surface area contributed by atoms with Crippen LogP contribution in [0.3, 0.4) is 0 Å². The number of aromatic nitrogens is 3. The van der Waals surface area contributed by atoms with Crippen molar-refractivity contribution >= 4 is 17.2 Å². The highest BCUT2D eigenvalue weighted by molar-refractivity contribution is 6.30. The van der Waals surface area contributed by atoms with Gasteiger partial charge in [0.25, 0.3) is 0 Å².